The Morgan fingerprint density at radius 1 is 1.04 bits per heavy atom. The van der Waals surface area contributed by atoms with Crippen molar-refractivity contribution in [2.75, 3.05) is 5.32 Å². The number of carbonyl (C=O) groups is 2. The minimum absolute atomic E-state index is 0.0385. The van der Waals surface area contributed by atoms with E-state index in [1.54, 1.807) is 43.3 Å². The molecule has 0 bridgehead atoms. The van der Waals surface area contributed by atoms with E-state index in [0.29, 0.717) is 22.9 Å². The number of ketones is 1. The summed E-state index contributed by atoms with van der Waals surface area (Å²) in [5.74, 6) is 0.143. The molecule has 2 N–H and O–H groups in total. The Kier molecular flexibility index (Phi) is 5.74. The Labute approximate surface area is 161 Å². The van der Waals surface area contributed by atoms with E-state index in [9.17, 15) is 14.0 Å². The Bertz CT molecular complexity index is 1020. The van der Waals surface area contributed by atoms with E-state index in [4.69, 9.17) is 0 Å². The normalized spacial score (nSPS) is 10.4. The summed E-state index contributed by atoms with van der Waals surface area (Å²) in [5, 5.41) is 5.84. The summed E-state index contributed by atoms with van der Waals surface area (Å²) in [6, 6.07) is 14.4. The molecule has 0 fully saturated rings. The van der Waals surface area contributed by atoms with Crippen LogP contribution in [0.5, 0.6) is 0 Å². The van der Waals surface area contributed by atoms with Crippen molar-refractivity contribution >= 4 is 23.2 Å². The van der Waals surface area contributed by atoms with Crippen LogP contribution in [-0.2, 0) is 6.54 Å². The SMILES string of the molecule is CC(=O)c1cccc(Nc2cc(C(=O)NCc3ccc(F)cc3)nc(C)n2)c1. The molecule has 1 heterocycles. The van der Waals surface area contributed by atoms with Crippen molar-refractivity contribution in [1.82, 2.24) is 15.3 Å². The predicted molar refractivity (Wildman–Crippen MR) is 104 cm³/mol. The van der Waals surface area contributed by atoms with E-state index in [-0.39, 0.29) is 29.7 Å². The van der Waals surface area contributed by atoms with Crippen molar-refractivity contribution in [2.24, 2.45) is 0 Å². The molecule has 142 valence electrons. The third-order valence-electron chi connectivity index (χ3n) is 3.98. The van der Waals surface area contributed by atoms with Gasteiger partial charge < -0.3 is 10.6 Å². The highest BCUT2D eigenvalue weighted by atomic mass is 19.1. The first-order valence-electron chi connectivity index (χ1n) is 8.67. The zero-order valence-electron chi connectivity index (χ0n) is 15.5. The maximum atomic E-state index is 13.0. The molecular weight excluding hydrogens is 359 g/mol. The van der Waals surface area contributed by atoms with Gasteiger partial charge in [-0.1, -0.05) is 24.3 Å². The standard InChI is InChI=1S/C21H19FN4O2/c1-13(27)16-4-3-5-18(10-16)26-20-11-19(24-14(2)25-20)21(28)23-12-15-6-8-17(22)9-7-15/h3-11H,12H2,1-2H3,(H,23,28)(H,24,25,26). The summed E-state index contributed by atoms with van der Waals surface area (Å²) in [5.41, 5.74) is 2.25. The van der Waals surface area contributed by atoms with Crippen molar-refractivity contribution in [3.05, 3.63) is 83.1 Å². The molecule has 0 spiro atoms. The number of carbonyl (C=O) groups excluding carboxylic acids is 2. The van der Waals surface area contributed by atoms with Crippen LogP contribution < -0.4 is 10.6 Å². The van der Waals surface area contributed by atoms with Crippen LogP contribution in [-0.4, -0.2) is 21.7 Å². The highest BCUT2D eigenvalue weighted by molar-refractivity contribution is 5.95. The zero-order chi connectivity index (χ0) is 20.1. The summed E-state index contributed by atoms with van der Waals surface area (Å²) in [7, 11) is 0. The minimum atomic E-state index is -0.365. The number of hydrogen-bond donors (Lipinski definition) is 2. The van der Waals surface area contributed by atoms with Crippen LogP contribution in [0, 0.1) is 12.7 Å². The molecule has 1 aromatic heterocycles. The molecule has 2 aromatic carbocycles. The summed E-state index contributed by atoms with van der Waals surface area (Å²) >= 11 is 0. The molecular formula is C21H19FN4O2. The Balaban J connectivity index is 1.73. The molecule has 0 aliphatic carbocycles. The summed E-state index contributed by atoms with van der Waals surface area (Å²) in [4.78, 5) is 32.4. The molecule has 0 unspecified atom stereocenters. The molecule has 1 amide bonds. The molecule has 0 aliphatic rings. The third-order valence-corrected chi connectivity index (χ3v) is 3.98. The third kappa shape index (κ3) is 4.97. The van der Waals surface area contributed by atoms with Gasteiger partial charge in [0.05, 0.1) is 0 Å². The van der Waals surface area contributed by atoms with Crippen LogP contribution in [0.25, 0.3) is 0 Å². The molecule has 6 nitrogen and oxygen atoms in total. The van der Waals surface area contributed by atoms with Crippen molar-refractivity contribution in [2.45, 2.75) is 20.4 Å². The van der Waals surface area contributed by atoms with Crippen molar-refractivity contribution < 1.29 is 14.0 Å². The van der Waals surface area contributed by atoms with Gasteiger partial charge in [0.1, 0.15) is 23.2 Å². The van der Waals surface area contributed by atoms with Crippen molar-refractivity contribution in [3.8, 4) is 0 Å². The van der Waals surface area contributed by atoms with Crippen molar-refractivity contribution in [1.29, 1.82) is 0 Å². The molecule has 0 atom stereocenters. The lowest BCUT2D eigenvalue weighted by Crippen LogP contribution is -2.24. The van der Waals surface area contributed by atoms with E-state index in [0.717, 1.165) is 5.56 Å². The fourth-order valence-electron chi connectivity index (χ4n) is 2.59. The minimum Gasteiger partial charge on any atom is -0.347 e. The quantitative estimate of drug-likeness (QED) is 0.638. The number of hydrogen-bond acceptors (Lipinski definition) is 5. The number of anilines is 2. The second kappa shape index (κ2) is 8.39. The van der Waals surface area contributed by atoms with Crippen LogP contribution in [0.15, 0.2) is 54.6 Å². The van der Waals surface area contributed by atoms with Gasteiger partial charge in [0, 0.05) is 23.9 Å². The lowest BCUT2D eigenvalue weighted by atomic mass is 10.1. The average Bonchev–Trinajstić information content (AvgIpc) is 2.67. The first-order valence-corrected chi connectivity index (χ1v) is 8.67. The maximum absolute atomic E-state index is 13.0. The monoisotopic (exact) mass is 378 g/mol. The van der Waals surface area contributed by atoms with Gasteiger partial charge in [-0.05, 0) is 43.7 Å². The number of halogens is 1. The smallest absolute Gasteiger partial charge is 0.270 e. The van der Waals surface area contributed by atoms with Crippen LogP contribution in [0.4, 0.5) is 15.9 Å². The predicted octanol–water partition coefficient (Wildman–Crippen LogP) is 3.80. The van der Waals surface area contributed by atoms with Crippen LogP contribution >= 0.6 is 0 Å². The van der Waals surface area contributed by atoms with Crippen molar-refractivity contribution in [3.63, 3.8) is 0 Å². The topological polar surface area (TPSA) is 84.0 Å². The summed E-state index contributed by atoms with van der Waals surface area (Å²) in [6.07, 6.45) is 0. The summed E-state index contributed by atoms with van der Waals surface area (Å²) < 4.78 is 13.0. The van der Waals surface area contributed by atoms with E-state index in [2.05, 4.69) is 20.6 Å². The number of aromatic nitrogens is 2. The summed E-state index contributed by atoms with van der Waals surface area (Å²) in [6.45, 7) is 3.44. The molecule has 0 radical (unpaired) electrons. The molecule has 0 aliphatic heterocycles. The number of rotatable bonds is 6. The lowest BCUT2D eigenvalue weighted by Gasteiger charge is -2.10. The largest absolute Gasteiger partial charge is 0.347 e. The zero-order valence-corrected chi connectivity index (χ0v) is 15.5. The number of nitrogens with one attached hydrogen (secondary N) is 2. The highest BCUT2D eigenvalue weighted by Crippen LogP contribution is 2.17. The van der Waals surface area contributed by atoms with Gasteiger partial charge in [-0.15, -0.1) is 0 Å². The van der Waals surface area contributed by atoms with Gasteiger partial charge in [0.2, 0.25) is 0 Å². The fourth-order valence-corrected chi connectivity index (χ4v) is 2.59. The van der Waals surface area contributed by atoms with Crippen LogP contribution in [0.1, 0.15) is 39.2 Å². The van der Waals surface area contributed by atoms with Gasteiger partial charge in [-0.25, -0.2) is 14.4 Å². The van der Waals surface area contributed by atoms with Crippen LogP contribution in [0.3, 0.4) is 0 Å². The van der Waals surface area contributed by atoms with Gasteiger partial charge in [-0.2, -0.15) is 0 Å². The molecule has 3 rings (SSSR count). The number of nitrogens with zero attached hydrogens (tertiary/aromatic N) is 2. The average molecular weight is 378 g/mol. The second-order valence-electron chi connectivity index (χ2n) is 6.26. The van der Waals surface area contributed by atoms with Gasteiger partial charge >= 0.3 is 0 Å². The van der Waals surface area contributed by atoms with Gasteiger partial charge in [-0.3, -0.25) is 9.59 Å². The van der Waals surface area contributed by atoms with E-state index < -0.39 is 0 Å². The second-order valence-corrected chi connectivity index (χ2v) is 6.26. The number of amides is 1. The van der Waals surface area contributed by atoms with E-state index >= 15 is 0 Å². The molecule has 7 heteroatoms. The first-order chi connectivity index (χ1) is 13.4. The van der Waals surface area contributed by atoms with E-state index in [1.807, 2.05) is 0 Å². The maximum Gasteiger partial charge on any atom is 0.270 e. The number of Topliss-reactive ketones (excluding diaryl/α,β-unsaturated/α-hetero) is 1. The number of aryl methyl sites for hydroxylation is 1. The van der Waals surface area contributed by atoms with Crippen LogP contribution in [0.2, 0.25) is 0 Å². The first kappa shape index (κ1) is 19.2. The molecule has 28 heavy (non-hydrogen) atoms. The Morgan fingerprint density at radius 3 is 2.50 bits per heavy atom. The number of benzene rings is 2. The lowest BCUT2D eigenvalue weighted by molar-refractivity contribution is 0.0944. The Hall–Kier alpha value is -3.61. The van der Waals surface area contributed by atoms with E-state index in [1.165, 1.54) is 25.1 Å². The molecule has 0 saturated heterocycles. The highest BCUT2D eigenvalue weighted by Gasteiger charge is 2.11. The van der Waals surface area contributed by atoms with Gasteiger partial charge in [0.15, 0.2) is 5.78 Å². The van der Waals surface area contributed by atoms with Gasteiger partial charge in [0.25, 0.3) is 5.91 Å². The molecule has 3 aromatic rings. The molecule has 0 saturated carbocycles. The Morgan fingerprint density at radius 2 is 1.79 bits per heavy atom. The fraction of sp³-hybridized carbons (Fsp3) is 0.143.